The summed E-state index contributed by atoms with van der Waals surface area (Å²) in [5, 5.41) is 5.69. The number of hydrogen-bond donors (Lipinski definition) is 0. The summed E-state index contributed by atoms with van der Waals surface area (Å²) in [6.45, 7) is 4.48. The number of ether oxygens (including phenoxy) is 1. The molecule has 0 bridgehead atoms. The van der Waals surface area contributed by atoms with Gasteiger partial charge in [0.2, 0.25) is 0 Å². The Bertz CT molecular complexity index is 1430. The second-order valence-corrected chi connectivity index (χ2v) is 9.97. The fourth-order valence-electron chi connectivity index (χ4n) is 3.57. The molecular formula is C27H24BrCl2N3O2. The minimum Gasteiger partial charge on any atom is -0.486 e. The molecule has 0 saturated carbocycles. The second kappa shape index (κ2) is 11.4. The molecule has 0 aliphatic rings. The van der Waals surface area contributed by atoms with Gasteiger partial charge in [0, 0.05) is 10.9 Å². The Hall–Kier alpha value is -2.67. The predicted molar refractivity (Wildman–Crippen MR) is 147 cm³/mol. The Labute approximate surface area is 222 Å². The summed E-state index contributed by atoms with van der Waals surface area (Å²) in [5.74, 6) is 1.02. The smallest absolute Gasteiger partial charge is 0.282 e. The van der Waals surface area contributed by atoms with Gasteiger partial charge >= 0.3 is 0 Å². The lowest BCUT2D eigenvalue weighted by atomic mass is 10.2. The lowest BCUT2D eigenvalue weighted by molar-refractivity contribution is 0.306. The first-order chi connectivity index (χ1) is 16.9. The molecule has 0 aliphatic heterocycles. The minimum absolute atomic E-state index is 0.228. The SMILES string of the molecule is CCCCc1nc2ccc(Br)cc2c(=O)n1N=Cc1cc(Cl)c(OCc2ccc(C)cc2)c(Cl)c1. The van der Waals surface area contributed by atoms with Crippen molar-refractivity contribution in [3.8, 4) is 5.75 Å². The highest BCUT2D eigenvalue weighted by Gasteiger charge is 2.12. The molecule has 0 aliphatic carbocycles. The largest absolute Gasteiger partial charge is 0.486 e. The Morgan fingerprint density at radius 3 is 2.49 bits per heavy atom. The summed E-state index contributed by atoms with van der Waals surface area (Å²) in [6.07, 6.45) is 4.08. The zero-order valence-corrected chi connectivity index (χ0v) is 22.5. The van der Waals surface area contributed by atoms with Gasteiger partial charge in [0.25, 0.3) is 5.56 Å². The monoisotopic (exact) mass is 571 g/mol. The fourth-order valence-corrected chi connectivity index (χ4v) is 4.54. The van der Waals surface area contributed by atoms with E-state index in [9.17, 15) is 4.79 Å². The van der Waals surface area contributed by atoms with E-state index < -0.39 is 0 Å². The molecule has 180 valence electrons. The van der Waals surface area contributed by atoms with Gasteiger partial charge in [-0.1, -0.05) is 82.3 Å². The average Bonchev–Trinajstić information content (AvgIpc) is 2.83. The number of aromatic nitrogens is 2. The summed E-state index contributed by atoms with van der Waals surface area (Å²) in [4.78, 5) is 17.9. The predicted octanol–water partition coefficient (Wildman–Crippen LogP) is 7.58. The first-order valence-electron chi connectivity index (χ1n) is 11.3. The molecule has 8 heteroatoms. The lowest BCUT2D eigenvalue weighted by Gasteiger charge is -2.12. The molecule has 0 spiro atoms. The molecule has 0 saturated heterocycles. The van der Waals surface area contributed by atoms with E-state index in [4.69, 9.17) is 32.9 Å². The van der Waals surface area contributed by atoms with Gasteiger partial charge in [0.05, 0.1) is 27.2 Å². The number of aryl methyl sites for hydroxylation is 2. The molecule has 4 aromatic rings. The van der Waals surface area contributed by atoms with Crippen LogP contribution in [0.2, 0.25) is 10.0 Å². The molecule has 0 fully saturated rings. The van der Waals surface area contributed by atoms with E-state index in [2.05, 4.69) is 28.0 Å². The van der Waals surface area contributed by atoms with Crippen molar-refractivity contribution in [3.05, 3.63) is 102 Å². The molecule has 0 N–H and O–H groups in total. The summed E-state index contributed by atoms with van der Waals surface area (Å²) >= 11 is 16.4. The molecular weight excluding hydrogens is 549 g/mol. The van der Waals surface area contributed by atoms with Crippen LogP contribution in [0.4, 0.5) is 0 Å². The average molecular weight is 573 g/mol. The first-order valence-corrected chi connectivity index (χ1v) is 12.8. The van der Waals surface area contributed by atoms with Crippen LogP contribution in [0.1, 0.15) is 42.3 Å². The number of rotatable bonds is 8. The van der Waals surface area contributed by atoms with Crippen LogP contribution in [0.15, 0.2) is 69.0 Å². The quantitative estimate of drug-likeness (QED) is 0.204. The molecule has 0 unspecified atom stereocenters. The molecule has 4 rings (SSSR count). The highest BCUT2D eigenvalue weighted by Crippen LogP contribution is 2.34. The first kappa shape index (κ1) is 25.4. The van der Waals surface area contributed by atoms with Gasteiger partial charge in [0.1, 0.15) is 12.4 Å². The number of benzene rings is 3. The van der Waals surface area contributed by atoms with Gasteiger partial charge in [-0.15, -0.1) is 0 Å². The Morgan fingerprint density at radius 2 is 1.80 bits per heavy atom. The van der Waals surface area contributed by atoms with Crippen LogP contribution in [0.25, 0.3) is 10.9 Å². The van der Waals surface area contributed by atoms with Gasteiger partial charge in [-0.25, -0.2) is 4.98 Å². The molecule has 0 radical (unpaired) electrons. The van der Waals surface area contributed by atoms with E-state index >= 15 is 0 Å². The van der Waals surface area contributed by atoms with Crippen molar-refractivity contribution in [2.24, 2.45) is 5.10 Å². The van der Waals surface area contributed by atoms with Gasteiger partial charge in [-0.05, 0) is 54.8 Å². The third kappa shape index (κ3) is 6.13. The zero-order chi connectivity index (χ0) is 24.9. The van der Waals surface area contributed by atoms with E-state index in [-0.39, 0.29) is 5.56 Å². The van der Waals surface area contributed by atoms with E-state index in [1.165, 1.54) is 10.2 Å². The van der Waals surface area contributed by atoms with Crippen molar-refractivity contribution >= 4 is 56.2 Å². The van der Waals surface area contributed by atoms with E-state index in [0.29, 0.717) is 51.1 Å². The van der Waals surface area contributed by atoms with Crippen LogP contribution in [-0.4, -0.2) is 15.9 Å². The van der Waals surface area contributed by atoms with Crippen LogP contribution >= 0.6 is 39.1 Å². The van der Waals surface area contributed by atoms with E-state index in [0.717, 1.165) is 22.9 Å². The highest BCUT2D eigenvalue weighted by atomic mass is 79.9. The van der Waals surface area contributed by atoms with Crippen LogP contribution in [0, 0.1) is 6.92 Å². The number of unbranched alkanes of at least 4 members (excludes halogenated alkanes) is 1. The van der Waals surface area contributed by atoms with Crippen molar-refractivity contribution in [1.82, 2.24) is 9.66 Å². The third-order valence-corrected chi connectivity index (χ3v) is 6.53. The maximum atomic E-state index is 13.2. The molecule has 35 heavy (non-hydrogen) atoms. The molecule has 0 amide bonds. The van der Waals surface area contributed by atoms with Gasteiger partial charge < -0.3 is 4.74 Å². The number of fused-ring (bicyclic) bond motifs is 1. The topological polar surface area (TPSA) is 56.5 Å². The molecule has 1 heterocycles. The summed E-state index contributed by atoms with van der Waals surface area (Å²) < 4.78 is 8.04. The maximum Gasteiger partial charge on any atom is 0.282 e. The van der Waals surface area contributed by atoms with Gasteiger partial charge in [0.15, 0.2) is 5.75 Å². The standard InChI is InChI=1S/C27H24BrCl2N3O2/c1-3-4-5-25-32-24-11-10-20(28)14-21(24)27(34)33(25)31-15-19-12-22(29)26(23(30)13-19)35-16-18-8-6-17(2)7-9-18/h6-15H,3-5,16H2,1-2H3. The fraction of sp³-hybridized carbons (Fsp3) is 0.222. The van der Waals surface area contributed by atoms with E-state index in [1.54, 1.807) is 24.4 Å². The van der Waals surface area contributed by atoms with E-state index in [1.807, 2.05) is 43.3 Å². The summed E-state index contributed by atoms with van der Waals surface area (Å²) in [6, 6.07) is 16.9. The summed E-state index contributed by atoms with van der Waals surface area (Å²) in [7, 11) is 0. The highest BCUT2D eigenvalue weighted by molar-refractivity contribution is 9.10. The van der Waals surface area contributed by atoms with Crippen molar-refractivity contribution in [1.29, 1.82) is 0 Å². The van der Waals surface area contributed by atoms with Crippen LogP contribution in [-0.2, 0) is 13.0 Å². The second-order valence-electron chi connectivity index (χ2n) is 8.24. The Morgan fingerprint density at radius 1 is 1.09 bits per heavy atom. The normalized spacial score (nSPS) is 11.5. The molecule has 5 nitrogen and oxygen atoms in total. The third-order valence-electron chi connectivity index (χ3n) is 5.48. The Kier molecular flexibility index (Phi) is 8.26. The van der Waals surface area contributed by atoms with Crippen LogP contribution in [0.3, 0.4) is 0 Å². The van der Waals surface area contributed by atoms with Crippen molar-refractivity contribution in [3.63, 3.8) is 0 Å². The number of hydrogen-bond acceptors (Lipinski definition) is 4. The molecule has 0 atom stereocenters. The zero-order valence-electron chi connectivity index (χ0n) is 19.4. The number of nitrogens with zero attached hydrogens (tertiary/aromatic N) is 3. The van der Waals surface area contributed by atoms with Crippen molar-refractivity contribution in [2.45, 2.75) is 39.7 Å². The number of halogens is 3. The Balaban J connectivity index is 1.63. The minimum atomic E-state index is -0.228. The van der Waals surface area contributed by atoms with Crippen molar-refractivity contribution < 1.29 is 4.74 Å². The lowest BCUT2D eigenvalue weighted by Crippen LogP contribution is -2.22. The van der Waals surface area contributed by atoms with Gasteiger partial charge in [-0.2, -0.15) is 9.78 Å². The molecule has 3 aromatic carbocycles. The molecule has 1 aromatic heterocycles. The maximum absolute atomic E-state index is 13.2. The van der Waals surface area contributed by atoms with Crippen LogP contribution < -0.4 is 10.3 Å². The van der Waals surface area contributed by atoms with Gasteiger partial charge in [-0.3, -0.25) is 4.79 Å². The van der Waals surface area contributed by atoms with Crippen LogP contribution in [0.5, 0.6) is 5.75 Å². The van der Waals surface area contributed by atoms with Crippen molar-refractivity contribution in [2.75, 3.05) is 0 Å². The summed E-state index contributed by atoms with van der Waals surface area (Å²) in [5.41, 5.74) is 3.26.